The number of nitrogens with one attached hydrogen (secondary N) is 1. The summed E-state index contributed by atoms with van der Waals surface area (Å²) in [5.74, 6) is 0. The summed E-state index contributed by atoms with van der Waals surface area (Å²) in [6.07, 6.45) is 1.11. The molecule has 0 spiro atoms. The molecule has 1 atom stereocenters. The van der Waals surface area contributed by atoms with Gasteiger partial charge in [-0.15, -0.1) is 24.8 Å². The van der Waals surface area contributed by atoms with Gasteiger partial charge in [0.1, 0.15) is 0 Å². The lowest BCUT2D eigenvalue weighted by atomic mass is 10.1. The third-order valence-corrected chi connectivity index (χ3v) is 1.88. The van der Waals surface area contributed by atoms with Crippen LogP contribution in [-0.4, -0.2) is 13.1 Å². The van der Waals surface area contributed by atoms with E-state index in [-0.39, 0.29) is 24.8 Å². The van der Waals surface area contributed by atoms with Crippen molar-refractivity contribution in [2.24, 2.45) is 0 Å². The predicted octanol–water partition coefficient (Wildman–Crippen LogP) is 2.68. The highest BCUT2D eigenvalue weighted by Crippen LogP contribution is 2.01. The van der Waals surface area contributed by atoms with E-state index in [0.717, 1.165) is 6.42 Å². The Kier molecular flexibility index (Phi) is 9.80. The van der Waals surface area contributed by atoms with Crippen molar-refractivity contribution in [1.82, 2.24) is 5.32 Å². The molecule has 1 rings (SSSR count). The van der Waals surface area contributed by atoms with E-state index in [9.17, 15) is 0 Å². The molecule has 0 saturated heterocycles. The molecule has 0 bridgehead atoms. The Bertz CT molecular complexity index is 201. The van der Waals surface area contributed by atoms with E-state index >= 15 is 0 Å². The topological polar surface area (TPSA) is 12.0 Å². The van der Waals surface area contributed by atoms with Crippen LogP contribution >= 0.6 is 24.8 Å². The van der Waals surface area contributed by atoms with Gasteiger partial charge in [-0.25, -0.2) is 0 Å². The molecule has 3 heteroatoms. The molecule has 1 aromatic carbocycles. The number of hydrogen-bond donors (Lipinski definition) is 1. The minimum absolute atomic E-state index is 0. The molecule has 1 N–H and O–H groups in total. The SMILES string of the molecule is CN[C@@H](C)Cc1ccccc1.Cl.Cl. The van der Waals surface area contributed by atoms with Crippen molar-refractivity contribution in [2.45, 2.75) is 19.4 Å². The minimum atomic E-state index is 0. The highest BCUT2D eigenvalue weighted by atomic mass is 35.5. The van der Waals surface area contributed by atoms with E-state index in [1.807, 2.05) is 13.1 Å². The van der Waals surface area contributed by atoms with E-state index in [4.69, 9.17) is 0 Å². The van der Waals surface area contributed by atoms with E-state index in [0.29, 0.717) is 6.04 Å². The number of hydrogen-bond acceptors (Lipinski definition) is 1. The van der Waals surface area contributed by atoms with Gasteiger partial charge >= 0.3 is 0 Å². The van der Waals surface area contributed by atoms with Gasteiger partial charge in [0.05, 0.1) is 0 Å². The van der Waals surface area contributed by atoms with Crippen molar-refractivity contribution in [3.05, 3.63) is 35.9 Å². The molecule has 0 unspecified atom stereocenters. The standard InChI is InChI=1S/C10H15N.2ClH/c1-9(11-2)8-10-6-4-3-5-7-10;;/h3-7,9,11H,8H2,1-2H3;2*1H/t9-;;/m0../s1. The quantitative estimate of drug-likeness (QED) is 0.829. The summed E-state index contributed by atoms with van der Waals surface area (Å²) in [4.78, 5) is 0. The molecule has 0 aliphatic rings. The number of benzene rings is 1. The van der Waals surface area contributed by atoms with E-state index in [1.165, 1.54) is 5.56 Å². The Morgan fingerprint density at radius 3 is 2.15 bits per heavy atom. The highest BCUT2D eigenvalue weighted by molar-refractivity contribution is 5.85. The molecule has 0 amide bonds. The first kappa shape index (κ1) is 15.2. The molecule has 13 heavy (non-hydrogen) atoms. The molecule has 0 saturated carbocycles. The second kappa shape index (κ2) is 8.36. The fourth-order valence-corrected chi connectivity index (χ4v) is 1.07. The van der Waals surface area contributed by atoms with Crippen LogP contribution in [-0.2, 0) is 6.42 Å². The first-order valence-corrected chi connectivity index (χ1v) is 4.04. The van der Waals surface area contributed by atoms with Crippen LogP contribution in [0.1, 0.15) is 12.5 Å². The zero-order chi connectivity index (χ0) is 8.10. The summed E-state index contributed by atoms with van der Waals surface area (Å²) in [6, 6.07) is 11.1. The van der Waals surface area contributed by atoms with Crippen LogP contribution < -0.4 is 5.32 Å². The molecule has 0 aliphatic heterocycles. The average Bonchev–Trinajstić information content (AvgIpc) is 2.06. The van der Waals surface area contributed by atoms with Gasteiger partial charge in [0, 0.05) is 6.04 Å². The first-order valence-electron chi connectivity index (χ1n) is 4.04. The smallest absolute Gasteiger partial charge is 0.00761 e. The van der Waals surface area contributed by atoms with Gasteiger partial charge in [0.25, 0.3) is 0 Å². The van der Waals surface area contributed by atoms with Crippen molar-refractivity contribution in [3.8, 4) is 0 Å². The zero-order valence-electron chi connectivity index (χ0n) is 7.99. The Morgan fingerprint density at radius 2 is 1.69 bits per heavy atom. The second-order valence-electron chi connectivity index (χ2n) is 2.88. The maximum absolute atomic E-state index is 3.21. The lowest BCUT2D eigenvalue weighted by molar-refractivity contribution is 0.608. The lowest BCUT2D eigenvalue weighted by Crippen LogP contribution is -2.23. The molecule has 0 heterocycles. The normalized spacial score (nSPS) is 10.9. The van der Waals surface area contributed by atoms with Gasteiger partial charge in [-0.1, -0.05) is 30.3 Å². The largest absolute Gasteiger partial charge is 0.317 e. The van der Waals surface area contributed by atoms with Crippen molar-refractivity contribution in [1.29, 1.82) is 0 Å². The zero-order valence-corrected chi connectivity index (χ0v) is 9.62. The van der Waals surface area contributed by atoms with Crippen LogP contribution in [0.4, 0.5) is 0 Å². The lowest BCUT2D eigenvalue weighted by Gasteiger charge is -2.08. The van der Waals surface area contributed by atoms with E-state index < -0.39 is 0 Å². The summed E-state index contributed by atoms with van der Waals surface area (Å²) >= 11 is 0. The third-order valence-electron chi connectivity index (χ3n) is 1.88. The molecule has 0 aromatic heterocycles. The predicted molar refractivity (Wildman–Crippen MR) is 63.2 cm³/mol. The van der Waals surface area contributed by atoms with Gasteiger partial charge in [-0.05, 0) is 26.0 Å². The summed E-state index contributed by atoms with van der Waals surface area (Å²) < 4.78 is 0. The Hall–Kier alpha value is -0.240. The summed E-state index contributed by atoms with van der Waals surface area (Å²) in [6.45, 7) is 2.19. The Morgan fingerprint density at radius 1 is 1.15 bits per heavy atom. The number of likely N-dealkylation sites (N-methyl/N-ethyl adjacent to an activating group) is 1. The van der Waals surface area contributed by atoms with E-state index in [2.05, 4.69) is 36.5 Å². The molecule has 1 nitrogen and oxygen atoms in total. The molecular weight excluding hydrogens is 205 g/mol. The fourth-order valence-electron chi connectivity index (χ4n) is 1.07. The highest BCUT2D eigenvalue weighted by Gasteiger charge is 1.97. The maximum atomic E-state index is 3.21. The van der Waals surface area contributed by atoms with Crippen molar-refractivity contribution < 1.29 is 0 Å². The van der Waals surface area contributed by atoms with Gasteiger partial charge in [-0.3, -0.25) is 0 Å². The van der Waals surface area contributed by atoms with E-state index in [1.54, 1.807) is 0 Å². The van der Waals surface area contributed by atoms with Crippen molar-refractivity contribution >= 4 is 24.8 Å². The molecular formula is C10H17Cl2N. The van der Waals surface area contributed by atoms with Crippen molar-refractivity contribution in [2.75, 3.05) is 7.05 Å². The van der Waals surface area contributed by atoms with Gasteiger partial charge < -0.3 is 5.32 Å². The summed E-state index contributed by atoms with van der Waals surface area (Å²) in [7, 11) is 1.99. The van der Waals surface area contributed by atoms with Gasteiger partial charge in [-0.2, -0.15) is 0 Å². The number of rotatable bonds is 3. The first-order chi connectivity index (χ1) is 5.33. The second-order valence-corrected chi connectivity index (χ2v) is 2.88. The maximum Gasteiger partial charge on any atom is 0.00761 e. The molecule has 0 aliphatic carbocycles. The van der Waals surface area contributed by atoms with Crippen LogP contribution in [0, 0.1) is 0 Å². The van der Waals surface area contributed by atoms with Gasteiger partial charge in [0.15, 0.2) is 0 Å². The molecule has 1 aromatic rings. The molecule has 0 radical (unpaired) electrons. The van der Waals surface area contributed by atoms with Crippen LogP contribution in [0.15, 0.2) is 30.3 Å². The summed E-state index contributed by atoms with van der Waals surface area (Å²) in [5.41, 5.74) is 1.40. The van der Waals surface area contributed by atoms with Crippen LogP contribution in [0.5, 0.6) is 0 Å². The van der Waals surface area contributed by atoms with Crippen LogP contribution in [0.3, 0.4) is 0 Å². The van der Waals surface area contributed by atoms with Gasteiger partial charge in [0.2, 0.25) is 0 Å². The van der Waals surface area contributed by atoms with Crippen molar-refractivity contribution in [3.63, 3.8) is 0 Å². The number of halogens is 2. The molecule has 76 valence electrons. The fraction of sp³-hybridized carbons (Fsp3) is 0.400. The Balaban J connectivity index is 0. The third kappa shape index (κ3) is 5.92. The Labute approximate surface area is 92.7 Å². The molecule has 0 fully saturated rings. The van der Waals surface area contributed by atoms with Crippen LogP contribution in [0.2, 0.25) is 0 Å². The minimum Gasteiger partial charge on any atom is -0.317 e. The average molecular weight is 222 g/mol. The van der Waals surface area contributed by atoms with Crippen LogP contribution in [0.25, 0.3) is 0 Å². The summed E-state index contributed by atoms with van der Waals surface area (Å²) in [5, 5.41) is 3.21. The monoisotopic (exact) mass is 221 g/mol.